The highest BCUT2D eigenvalue weighted by atomic mass is 16.6. The molecule has 0 bridgehead atoms. The first-order valence-corrected chi connectivity index (χ1v) is 8.43. The van der Waals surface area contributed by atoms with Crippen LogP contribution in [0.3, 0.4) is 0 Å². The van der Waals surface area contributed by atoms with Gasteiger partial charge in [0.15, 0.2) is 0 Å². The lowest BCUT2D eigenvalue weighted by molar-refractivity contribution is -0.384. The second-order valence-corrected chi connectivity index (χ2v) is 6.29. The first-order valence-electron chi connectivity index (χ1n) is 8.43. The Hall–Kier alpha value is -2.97. The van der Waals surface area contributed by atoms with Crippen LogP contribution in [0.25, 0.3) is 16.9 Å². The van der Waals surface area contributed by atoms with Crippen LogP contribution in [0.1, 0.15) is 5.69 Å². The molecule has 0 aliphatic carbocycles. The number of pyridine rings is 1. The van der Waals surface area contributed by atoms with Crippen molar-refractivity contribution in [2.24, 2.45) is 0 Å². The summed E-state index contributed by atoms with van der Waals surface area (Å²) in [7, 11) is 0. The number of hydrogen-bond donors (Lipinski definition) is 1. The van der Waals surface area contributed by atoms with Crippen molar-refractivity contribution in [2.75, 3.05) is 32.0 Å². The second kappa shape index (κ2) is 6.74. The molecule has 0 unspecified atom stereocenters. The highest BCUT2D eigenvalue weighted by molar-refractivity contribution is 5.68. The predicted octanol–water partition coefficient (Wildman–Crippen LogP) is 2.32. The fourth-order valence-electron chi connectivity index (χ4n) is 3.20. The topological polar surface area (TPSA) is 98.9 Å². The lowest BCUT2D eigenvalue weighted by Crippen LogP contribution is -2.36. The number of nitro groups is 1. The van der Waals surface area contributed by atoms with Gasteiger partial charge in [0, 0.05) is 49.2 Å². The minimum atomic E-state index is -0.400. The van der Waals surface area contributed by atoms with Crippen LogP contribution >= 0.6 is 0 Å². The van der Waals surface area contributed by atoms with Crippen molar-refractivity contribution in [3.8, 4) is 11.3 Å². The minimum Gasteiger partial charge on any atom is -0.398 e. The number of anilines is 1. The average Bonchev–Trinajstić information content (AvgIpc) is 3.00. The van der Waals surface area contributed by atoms with Crippen molar-refractivity contribution in [3.63, 3.8) is 0 Å². The number of fused-ring (bicyclic) bond motifs is 1. The highest BCUT2D eigenvalue weighted by Crippen LogP contribution is 2.28. The number of aromatic nitrogens is 2. The molecule has 2 aromatic heterocycles. The van der Waals surface area contributed by atoms with E-state index in [1.807, 2.05) is 22.7 Å². The van der Waals surface area contributed by atoms with Gasteiger partial charge >= 0.3 is 0 Å². The van der Waals surface area contributed by atoms with E-state index in [0.29, 0.717) is 25.4 Å². The van der Waals surface area contributed by atoms with Crippen molar-refractivity contribution >= 4 is 17.0 Å². The third-order valence-corrected chi connectivity index (χ3v) is 4.57. The number of hydrogen-bond acceptors (Lipinski definition) is 6. The molecule has 8 nitrogen and oxygen atoms in total. The lowest BCUT2D eigenvalue weighted by Gasteiger charge is -2.26. The van der Waals surface area contributed by atoms with E-state index >= 15 is 0 Å². The summed E-state index contributed by atoms with van der Waals surface area (Å²) in [6.45, 7) is 3.85. The molecule has 3 aromatic rings. The van der Waals surface area contributed by atoms with Crippen LogP contribution in [-0.4, -0.2) is 45.5 Å². The van der Waals surface area contributed by atoms with Crippen molar-refractivity contribution in [1.82, 2.24) is 14.3 Å². The monoisotopic (exact) mass is 353 g/mol. The molecule has 26 heavy (non-hydrogen) atoms. The Morgan fingerprint density at radius 2 is 1.88 bits per heavy atom. The quantitative estimate of drug-likeness (QED) is 0.571. The van der Waals surface area contributed by atoms with Crippen LogP contribution in [0.4, 0.5) is 11.4 Å². The number of rotatable bonds is 4. The van der Waals surface area contributed by atoms with E-state index < -0.39 is 4.92 Å². The first-order chi connectivity index (χ1) is 12.6. The van der Waals surface area contributed by atoms with Gasteiger partial charge in [-0.25, -0.2) is 4.98 Å². The molecule has 0 atom stereocenters. The smallest absolute Gasteiger partial charge is 0.269 e. The van der Waals surface area contributed by atoms with Crippen molar-refractivity contribution < 1.29 is 9.66 Å². The Bertz CT molecular complexity index is 945. The molecule has 134 valence electrons. The summed E-state index contributed by atoms with van der Waals surface area (Å²) >= 11 is 0. The SMILES string of the molecule is Nc1ccc2nc(-c3ccc([N+](=O)[O-])cc3)c(CN3CCOCC3)n2c1. The maximum absolute atomic E-state index is 10.9. The molecule has 1 saturated heterocycles. The summed E-state index contributed by atoms with van der Waals surface area (Å²) in [4.78, 5) is 17.6. The zero-order valence-electron chi connectivity index (χ0n) is 14.2. The van der Waals surface area contributed by atoms with E-state index in [-0.39, 0.29) is 5.69 Å². The second-order valence-electron chi connectivity index (χ2n) is 6.29. The molecule has 8 heteroatoms. The summed E-state index contributed by atoms with van der Waals surface area (Å²) in [5, 5.41) is 10.9. The molecule has 1 aliphatic rings. The fraction of sp³-hybridized carbons (Fsp3) is 0.278. The molecule has 1 aromatic carbocycles. The number of ether oxygens (including phenoxy) is 1. The molecular weight excluding hydrogens is 334 g/mol. The van der Waals surface area contributed by atoms with Gasteiger partial charge in [0.25, 0.3) is 5.69 Å². The number of morpholine rings is 1. The van der Waals surface area contributed by atoms with Crippen molar-refractivity contribution in [2.45, 2.75) is 6.54 Å². The summed E-state index contributed by atoms with van der Waals surface area (Å²) < 4.78 is 7.43. The summed E-state index contributed by atoms with van der Waals surface area (Å²) in [5.74, 6) is 0. The molecule has 3 heterocycles. The van der Waals surface area contributed by atoms with E-state index in [9.17, 15) is 10.1 Å². The summed E-state index contributed by atoms with van der Waals surface area (Å²) in [5.41, 5.74) is 10.2. The summed E-state index contributed by atoms with van der Waals surface area (Å²) in [6.07, 6.45) is 1.87. The van der Waals surface area contributed by atoms with Crippen LogP contribution in [-0.2, 0) is 11.3 Å². The molecule has 0 amide bonds. The van der Waals surface area contributed by atoms with Crippen LogP contribution in [0.15, 0.2) is 42.6 Å². The predicted molar refractivity (Wildman–Crippen MR) is 97.8 cm³/mol. The van der Waals surface area contributed by atoms with E-state index in [1.165, 1.54) is 12.1 Å². The van der Waals surface area contributed by atoms with Gasteiger partial charge in [-0.05, 0) is 24.3 Å². The van der Waals surface area contributed by atoms with Crippen LogP contribution in [0.5, 0.6) is 0 Å². The zero-order chi connectivity index (χ0) is 18.1. The summed E-state index contributed by atoms with van der Waals surface area (Å²) in [6, 6.07) is 10.2. The van der Waals surface area contributed by atoms with Gasteiger partial charge in [-0.3, -0.25) is 15.0 Å². The maximum atomic E-state index is 10.9. The van der Waals surface area contributed by atoms with Crippen molar-refractivity contribution in [1.29, 1.82) is 0 Å². The van der Waals surface area contributed by atoms with Gasteiger partial charge in [0.1, 0.15) is 5.65 Å². The number of nitrogens with two attached hydrogens (primary N) is 1. The number of imidazole rings is 1. The number of benzene rings is 1. The van der Waals surface area contributed by atoms with E-state index in [1.54, 1.807) is 12.1 Å². The number of nitro benzene ring substituents is 1. The molecule has 0 radical (unpaired) electrons. The fourth-order valence-corrected chi connectivity index (χ4v) is 3.20. The van der Waals surface area contributed by atoms with Gasteiger partial charge in [-0.15, -0.1) is 0 Å². The Morgan fingerprint density at radius 1 is 1.15 bits per heavy atom. The lowest BCUT2D eigenvalue weighted by atomic mass is 10.1. The Balaban J connectivity index is 1.79. The van der Waals surface area contributed by atoms with Crippen LogP contribution < -0.4 is 5.73 Å². The van der Waals surface area contributed by atoms with Crippen molar-refractivity contribution in [3.05, 3.63) is 58.4 Å². The number of nitrogens with zero attached hydrogens (tertiary/aromatic N) is 4. The zero-order valence-corrected chi connectivity index (χ0v) is 14.2. The highest BCUT2D eigenvalue weighted by Gasteiger charge is 2.19. The molecular formula is C18H19N5O3. The normalized spacial score (nSPS) is 15.4. The minimum absolute atomic E-state index is 0.0662. The number of nitrogen functional groups attached to an aromatic ring is 1. The molecule has 4 rings (SSSR count). The van der Waals surface area contributed by atoms with Gasteiger partial charge in [0.05, 0.1) is 29.5 Å². The van der Waals surface area contributed by atoms with Crippen LogP contribution in [0.2, 0.25) is 0 Å². The molecule has 1 fully saturated rings. The largest absolute Gasteiger partial charge is 0.398 e. The van der Waals surface area contributed by atoms with Gasteiger partial charge in [0.2, 0.25) is 0 Å². The van der Waals surface area contributed by atoms with Crippen LogP contribution in [0, 0.1) is 10.1 Å². The third-order valence-electron chi connectivity index (χ3n) is 4.57. The number of non-ortho nitro benzene ring substituents is 1. The molecule has 2 N–H and O–H groups in total. The molecule has 0 saturated carbocycles. The Labute approximate surface area is 150 Å². The Kier molecular flexibility index (Phi) is 4.27. The standard InChI is InChI=1S/C18H19N5O3/c19-14-3-6-17-20-18(13-1-4-15(5-2-13)23(24)25)16(22(17)11-14)12-21-7-9-26-10-8-21/h1-6,11H,7-10,12,19H2. The third kappa shape index (κ3) is 3.12. The maximum Gasteiger partial charge on any atom is 0.269 e. The molecule has 1 aliphatic heterocycles. The Morgan fingerprint density at radius 3 is 2.58 bits per heavy atom. The van der Waals surface area contributed by atoms with E-state index in [4.69, 9.17) is 15.5 Å². The molecule has 0 spiro atoms. The average molecular weight is 353 g/mol. The van der Waals surface area contributed by atoms with Gasteiger partial charge < -0.3 is 14.9 Å². The van der Waals surface area contributed by atoms with Gasteiger partial charge in [-0.1, -0.05) is 0 Å². The van der Waals surface area contributed by atoms with E-state index in [2.05, 4.69) is 4.90 Å². The van der Waals surface area contributed by atoms with E-state index in [0.717, 1.165) is 35.7 Å². The van der Waals surface area contributed by atoms with Gasteiger partial charge in [-0.2, -0.15) is 0 Å². The first kappa shape index (κ1) is 16.5.